The van der Waals surface area contributed by atoms with Crippen molar-refractivity contribution in [1.29, 1.82) is 0 Å². The van der Waals surface area contributed by atoms with Crippen molar-refractivity contribution in [2.75, 3.05) is 13.2 Å². The summed E-state index contributed by atoms with van der Waals surface area (Å²) in [5, 5.41) is 17.9. The van der Waals surface area contributed by atoms with E-state index in [1.165, 1.54) is 0 Å². The SMILES string of the molecule is OCCc1ccnc(-c2cc(CCO)ccn2)c1. The first-order valence-electron chi connectivity index (χ1n) is 5.95. The number of rotatable bonds is 5. The van der Waals surface area contributed by atoms with Gasteiger partial charge in [0, 0.05) is 25.6 Å². The van der Waals surface area contributed by atoms with Gasteiger partial charge < -0.3 is 10.2 Å². The van der Waals surface area contributed by atoms with Gasteiger partial charge in [0.05, 0.1) is 11.4 Å². The summed E-state index contributed by atoms with van der Waals surface area (Å²) < 4.78 is 0. The summed E-state index contributed by atoms with van der Waals surface area (Å²) in [6.07, 6.45) is 4.68. The zero-order chi connectivity index (χ0) is 12.8. The number of aromatic nitrogens is 2. The first-order valence-corrected chi connectivity index (χ1v) is 5.95. The maximum absolute atomic E-state index is 8.93. The molecule has 0 spiro atoms. The predicted octanol–water partition coefficient (Wildman–Crippen LogP) is 1.21. The molecular weight excluding hydrogens is 228 g/mol. The molecule has 0 aliphatic rings. The molecule has 2 rings (SSSR count). The lowest BCUT2D eigenvalue weighted by atomic mass is 10.1. The Labute approximate surface area is 106 Å². The Bertz CT molecular complexity index is 467. The molecule has 0 bridgehead atoms. The molecule has 18 heavy (non-hydrogen) atoms. The molecule has 0 saturated carbocycles. The number of hydrogen-bond donors (Lipinski definition) is 2. The molecule has 4 nitrogen and oxygen atoms in total. The van der Waals surface area contributed by atoms with Gasteiger partial charge in [-0.2, -0.15) is 0 Å². The number of aliphatic hydroxyl groups excluding tert-OH is 2. The van der Waals surface area contributed by atoms with Crippen LogP contribution in [-0.4, -0.2) is 33.4 Å². The summed E-state index contributed by atoms with van der Waals surface area (Å²) >= 11 is 0. The van der Waals surface area contributed by atoms with Crippen LogP contribution in [0, 0.1) is 0 Å². The van der Waals surface area contributed by atoms with Crippen LogP contribution >= 0.6 is 0 Å². The minimum atomic E-state index is 0.126. The predicted molar refractivity (Wildman–Crippen MR) is 69.0 cm³/mol. The van der Waals surface area contributed by atoms with Crippen molar-refractivity contribution in [2.45, 2.75) is 12.8 Å². The van der Waals surface area contributed by atoms with Crippen LogP contribution in [0.3, 0.4) is 0 Å². The van der Waals surface area contributed by atoms with E-state index in [2.05, 4.69) is 9.97 Å². The molecule has 0 radical (unpaired) electrons. The van der Waals surface area contributed by atoms with Crippen LogP contribution in [0.1, 0.15) is 11.1 Å². The molecule has 2 N–H and O–H groups in total. The maximum atomic E-state index is 8.93. The second kappa shape index (κ2) is 6.23. The smallest absolute Gasteiger partial charge is 0.0888 e. The molecule has 0 aliphatic carbocycles. The van der Waals surface area contributed by atoms with E-state index in [1.807, 2.05) is 24.3 Å². The Morgan fingerprint density at radius 3 is 1.61 bits per heavy atom. The average molecular weight is 244 g/mol. The van der Waals surface area contributed by atoms with Crippen molar-refractivity contribution in [3.8, 4) is 11.4 Å². The molecule has 2 aromatic rings. The van der Waals surface area contributed by atoms with Gasteiger partial charge in [-0.15, -0.1) is 0 Å². The Hall–Kier alpha value is -1.78. The van der Waals surface area contributed by atoms with Crippen LogP contribution in [-0.2, 0) is 12.8 Å². The van der Waals surface area contributed by atoms with Crippen molar-refractivity contribution < 1.29 is 10.2 Å². The fourth-order valence-electron chi connectivity index (χ4n) is 1.80. The van der Waals surface area contributed by atoms with Crippen molar-refractivity contribution in [3.05, 3.63) is 47.8 Å². The first kappa shape index (κ1) is 12.7. The lowest BCUT2D eigenvalue weighted by Gasteiger charge is -2.05. The van der Waals surface area contributed by atoms with E-state index >= 15 is 0 Å². The topological polar surface area (TPSA) is 66.2 Å². The molecule has 0 fully saturated rings. The average Bonchev–Trinajstić information content (AvgIpc) is 2.40. The Morgan fingerprint density at radius 1 is 0.778 bits per heavy atom. The molecule has 0 amide bonds. The van der Waals surface area contributed by atoms with Gasteiger partial charge in [0.1, 0.15) is 0 Å². The van der Waals surface area contributed by atoms with Crippen molar-refractivity contribution in [1.82, 2.24) is 9.97 Å². The van der Waals surface area contributed by atoms with Crippen molar-refractivity contribution in [2.24, 2.45) is 0 Å². The van der Waals surface area contributed by atoms with Crippen molar-refractivity contribution in [3.63, 3.8) is 0 Å². The summed E-state index contributed by atoms with van der Waals surface area (Å²) in [7, 11) is 0. The fraction of sp³-hybridized carbons (Fsp3) is 0.286. The third-order valence-electron chi connectivity index (χ3n) is 2.71. The molecule has 4 heteroatoms. The first-order chi connectivity index (χ1) is 8.83. The lowest BCUT2D eigenvalue weighted by molar-refractivity contribution is 0.299. The second-order valence-corrected chi connectivity index (χ2v) is 4.05. The summed E-state index contributed by atoms with van der Waals surface area (Å²) in [6, 6.07) is 7.64. The molecule has 94 valence electrons. The van der Waals surface area contributed by atoms with Crippen LogP contribution in [0.2, 0.25) is 0 Å². The van der Waals surface area contributed by atoms with Crippen LogP contribution in [0.25, 0.3) is 11.4 Å². The number of nitrogens with zero attached hydrogens (tertiary/aromatic N) is 2. The summed E-state index contributed by atoms with van der Waals surface area (Å²) in [5.41, 5.74) is 3.66. The van der Waals surface area contributed by atoms with Gasteiger partial charge in [-0.3, -0.25) is 9.97 Å². The van der Waals surface area contributed by atoms with E-state index < -0.39 is 0 Å². The zero-order valence-corrected chi connectivity index (χ0v) is 10.1. The molecule has 2 aromatic heterocycles. The van der Waals surface area contributed by atoms with Crippen LogP contribution in [0.5, 0.6) is 0 Å². The highest BCUT2D eigenvalue weighted by molar-refractivity contribution is 5.55. The third kappa shape index (κ3) is 3.12. The van der Waals surface area contributed by atoms with Gasteiger partial charge in [-0.25, -0.2) is 0 Å². The highest BCUT2D eigenvalue weighted by Crippen LogP contribution is 2.17. The molecule has 0 atom stereocenters. The fourth-order valence-corrected chi connectivity index (χ4v) is 1.80. The van der Waals surface area contributed by atoms with E-state index in [-0.39, 0.29) is 13.2 Å². The van der Waals surface area contributed by atoms with Gasteiger partial charge >= 0.3 is 0 Å². The molecule has 0 unspecified atom stereocenters. The third-order valence-corrected chi connectivity index (χ3v) is 2.71. The number of hydrogen-bond acceptors (Lipinski definition) is 4. The largest absolute Gasteiger partial charge is 0.396 e. The van der Waals surface area contributed by atoms with Crippen molar-refractivity contribution >= 4 is 0 Å². The van der Waals surface area contributed by atoms with Gasteiger partial charge in [0.15, 0.2) is 0 Å². The van der Waals surface area contributed by atoms with E-state index in [0.29, 0.717) is 12.8 Å². The van der Waals surface area contributed by atoms with Gasteiger partial charge in [0.2, 0.25) is 0 Å². The quantitative estimate of drug-likeness (QED) is 0.829. The normalized spacial score (nSPS) is 10.6. The van der Waals surface area contributed by atoms with Gasteiger partial charge in [0.25, 0.3) is 0 Å². The minimum absolute atomic E-state index is 0.126. The second-order valence-electron chi connectivity index (χ2n) is 4.05. The van der Waals surface area contributed by atoms with Crippen LogP contribution in [0.15, 0.2) is 36.7 Å². The Balaban J connectivity index is 2.29. The summed E-state index contributed by atoms with van der Waals surface area (Å²) in [4.78, 5) is 8.57. The number of pyridine rings is 2. The molecule has 0 saturated heterocycles. The zero-order valence-electron chi connectivity index (χ0n) is 10.1. The van der Waals surface area contributed by atoms with Crippen LogP contribution < -0.4 is 0 Å². The summed E-state index contributed by atoms with van der Waals surface area (Å²) in [5.74, 6) is 0. The highest BCUT2D eigenvalue weighted by Gasteiger charge is 2.03. The van der Waals surface area contributed by atoms with Crippen LogP contribution in [0.4, 0.5) is 0 Å². The molecule has 0 aliphatic heterocycles. The number of aliphatic hydroxyl groups is 2. The highest BCUT2D eigenvalue weighted by atomic mass is 16.3. The monoisotopic (exact) mass is 244 g/mol. The molecule has 0 aromatic carbocycles. The molecular formula is C14H16N2O2. The Morgan fingerprint density at radius 2 is 1.22 bits per heavy atom. The van der Waals surface area contributed by atoms with E-state index in [9.17, 15) is 0 Å². The van der Waals surface area contributed by atoms with E-state index in [0.717, 1.165) is 22.5 Å². The molecule has 2 heterocycles. The lowest BCUT2D eigenvalue weighted by Crippen LogP contribution is -1.96. The van der Waals surface area contributed by atoms with E-state index in [4.69, 9.17) is 10.2 Å². The standard InChI is InChI=1S/C14H16N2O2/c17-7-3-11-1-5-15-13(9-11)14-10-12(4-8-18)2-6-16-14/h1-2,5-6,9-10,17-18H,3-4,7-8H2. The summed E-state index contributed by atoms with van der Waals surface area (Å²) in [6.45, 7) is 0.253. The Kier molecular flexibility index (Phi) is 4.39. The van der Waals surface area contributed by atoms with E-state index in [1.54, 1.807) is 12.4 Å². The minimum Gasteiger partial charge on any atom is -0.396 e. The maximum Gasteiger partial charge on any atom is 0.0888 e. The van der Waals surface area contributed by atoms with Gasteiger partial charge in [-0.05, 0) is 48.2 Å². The van der Waals surface area contributed by atoms with Gasteiger partial charge in [-0.1, -0.05) is 0 Å².